The van der Waals surface area contributed by atoms with Crippen LogP contribution in [0.5, 0.6) is 0 Å². The van der Waals surface area contributed by atoms with Crippen LogP contribution in [0.1, 0.15) is 11.5 Å². The van der Waals surface area contributed by atoms with E-state index in [0.29, 0.717) is 11.5 Å². The first kappa shape index (κ1) is 15.8. The minimum atomic E-state index is -0.339. The molecule has 0 aliphatic heterocycles. The summed E-state index contributed by atoms with van der Waals surface area (Å²) in [7, 11) is 0. The van der Waals surface area contributed by atoms with Crippen LogP contribution in [-0.2, 0) is 4.79 Å². The Hall–Kier alpha value is -3.74. The molecule has 0 fully saturated rings. The van der Waals surface area contributed by atoms with Gasteiger partial charge in [0.2, 0.25) is 5.95 Å². The van der Waals surface area contributed by atoms with Crippen LogP contribution in [0.4, 0.5) is 5.95 Å². The van der Waals surface area contributed by atoms with Gasteiger partial charge in [0.15, 0.2) is 0 Å². The van der Waals surface area contributed by atoms with Gasteiger partial charge in [-0.15, -0.1) is 0 Å². The number of nitrogens with zero attached hydrogens (tertiary/aromatic N) is 4. The first-order valence-electron chi connectivity index (χ1n) is 8.00. The number of aromatic nitrogens is 4. The molecule has 4 heterocycles. The van der Waals surface area contributed by atoms with E-state index in [0.717, 1.165) is 17.0 Å². The first-order valence-corrected chi connectivity index (χ1v) is 8.00. The van der Waals surface area contributed by atoms with Gasteiger partial charge in [-0.2, -0.15) is 0 Å². The predicted molar refractivity (Wildman–Crippen MR) is 97.3 cm³/mol. The zero-order valence-electron chi connectivity index (χ0n) is 14.0. The Kier molecular flexibility index (Phi) is 4.03. The number of hydrogen-bond acceptors (Lipinski definition) is 5. The molecule has 7 nitrogen and oxygen atoms in total. The number of aryl methyl sites for hydroxylation is 1. The molecule has 4 aromatic rings. The Balaban J connectivity index is 1.60. The van der Waals surface area contributed by atoms with E-state index in [2.05, 4.69) is 20.3 Å². The third-order valence-corrected chi connectivity index (χ3v) is 3.78. The summed E-state index contributed by atoms with van der Waals surface area (Å²) in [6, 6.07) is 11.1. The summed E-state index contributed by atoms with van der Waals surface area (Å²) in [5.74, 6) is 0.478. The van der Waals surface area contributed by atoms with Crippen LogP contribution in [0.2, 0.25) is 0 Å². The predicted octanol–water partition coefficient (Wildman–Crippen LogP) is 3.34. The Labute approximate surface area is 149 Å². The molecule has 0 aliphatic rings. The standard InChI is InChI=1S/C19H15N5O2/c1-13-18(24-11-3-2-6-16(24)21-13)15-9-10-20-19(22-15)23-17(25)8-7-14-5-4-12-26-14/h2-12H,1H3,(H,20,22,23,25)/b8-7+. The number of fused-ring (bicyclic) bond motifs is 1. The van der Waals surface area contributed by atoms with Crippen LogP contribution in [0.3, 0.4) is 0 Å². The van der Waals surface area contributed by atoms with Crippen LogP contribution in [0.15, 0.2) is 65.5 Å². The summed E-state index contributed by atoms with van der Waals surface area (Å²) < 4.78 is 7.11. The summed E-state index contributed by atoms with van der Waals surface area (Å²) in [5.41, 5.74) is 3.24. The Morgan fingerprint density at radius 2 is 2.12 bits per heavy atom. The molecule has 26 heavy (non-hydrogen) atoms. The van der Waals surface area contributed by atoms with Gasteiger partial charge in [-0.1, -0.05) is 6.07 Å². The molecule has 1 amide bonds. The number of imidazole rings is 1. The van der Waals surface area contributed by atoms with Crippen molar-refractivity contribution in [3.63, 3.8) is 0 Å². The Morgan fingerprint density at radius 3 is 2.96 bits per heavy atom. The molecule has 0 saturated heterocycles. The number of hydrogen-bond donors (Lipinski definition) is 1. The van der Waals surface area contributed by atoms with Gasteiger partial charge in [0.25, 0.3) is 5.91 Å². The van der Waals surface area contributed by atoms with Gasteiger partial charge in [0.05, 0.1) is 23.3 Å². The zero-order valence-corrected chi connectivity index (χ0v) is 14.0. The van der Waals surface area contributed by atoms with Gasteiger partial charge in [-0.05, 0) is 43.3 Å². The molecule has 0 atom stereocenters. The van der Waals surface area contributed by atoms with Crippen molar-refractivity contribution < 1.29 is 9.21 Å². The van der Waals surface area contributed by atoms with E-state index < -0.39 is 0 Å². The van der Waals surface area contributed by atoms with Gasteiger partial charge in [0, 0.05) is 18.5 Å². The van der Waals surface area contributed by atoms with Crippen molar-refractivity contribution in [1.82, 2.24) is 19.4 Å². The van der Waals surface area contributed by atoms with Gasteiger partial charge in [0.1, 0.15) is 11.4 Å². The second kappa shape index (κ2) is 6.64. The average molecular weight is 345 g/mol. The monoisotopic (exact) mass is 345 g/mol. The lowest BCUT2D eigenvalue weighted by Crippen LogP contribution is -2.11. The quantitative estimate of drug-likeness (QED) is 0.573. The van der Waals surface area contributed by atoms with Crippen LogP contribution >= 0.6 is 0 Å². The molecule has 128 valence electrons. The fraction of sp³-hybridized carbons (Fsp3) is 0.0526. The van der Waals surface area contributed by atoms with E-state index in [1.54, 1.807) is 36.7 Å². The number of rotatable bonds is 4. The number of anilines is 1. The van der Waals surface area contributed by atoms with Gasteiger partial charge >= 0.3 is 0 Å². The minimum Gasteiger partial charge on any atom is -0.465 e. The van der Waals surface area contributed by atoms with Crippen molar-refractivity contribution in [3.05, 3.63) is 72.6 Å². The lowest BCUT2D eigenvalue weighted by molar-refractivity contribution is -0.111. The molecule has 4 rings (SSSR count). The molecule has 0 spiro atoms. The van der Waals surface area contributed by atoms with Crippen molar-refractivity contribution in [2.45, 2.75) is 6.92 Å². The Morgan fingerprint density at radius 1 is 1.19 bits per heavy atom. The summed E-state index contributed by atoms with van der Waals surface area (Å²) >= 11 is 0. The molecule has 7 heteroatoms. The van der Waals surface area contributed by atoms with E-state index in [9.17, 15) is 4.79 Å². The highest BCUT2D eigenvalue weighted by molar-refractivity contribution is 6.00. The van der Waals surface area contributed by atoms with E-state index in [-0.39, 0.29) is 11.9 Å². The number of carbonyl (C=O) groups is 1. The highest BCUT2D eigenvalue weighted by atomic mass is 16.3. The number of pyridine rings is 1. The SMILES string of the molecule is Cc1nc2ccccn2c1-c1ccnc(NC(=O)/C=C/c2ccco2)n1. The maximum Gasteiger partial charge on any atom is 0.250 e. The third-order valence-electron chi connectivity index (χ3n) is 3.78. The minimum absolute atomic E-state index is 0.224. The second-order valence-corrected chi connectivity index (χ2v) is 5.58. The van der Waals surface area contributed by atoms with Gasteiger partial charge < -0.3 is 4.42 Å². The lowest BCUT2D eigenvalue weighted by atomic mass is 10.2. The maximum absolute atomic E-state index is 12.0. The topological polar surface area (TPSA) is 85.3 Å². The maximum atomic E-state index is 12.0. The van der Waals surface area contributed by atoms with E-state index in [4.69, 9.17) is 4.42 Å². The molecule has 0 saturated carbocycles. The molecule has 4 aromatic heterocycles. The molecular weight excluding hydrogens is 330 g/mol. The summed E-state index contributed by atoms with van der Waals surface area (Å²) in [4.78, 5) is 25.1. The lowest BCUT2D eigenvalue weighted by Gasteiger charge is -2.05. The van der Waals surface area contributed by atoms with Crippen molar-refractivity contribution in [2.24, 2.45) is 0 Å². The van der Waals surface area contributed by atoms with Crippen molar-refractivity contribution in [2.75, 3.05) is 5.32 Å². The van der Waals surface area contributed by atoms with Crippen molar-refractivity contribution >= 4 is 23.6 Å². The number of amides is 1. The fourth-order valence-electron chi connectivity index (χ4n) is 2.67. The number of furan rings is 1. The molecular formula is C19H15N5O2. The average Bonchev–Trinajstić information content (AvgIpc) is 3.26. The van der Waals surface area contributed by atoms with E-state index >= 15 is 0 Å². The molecule has 0 aromatic carbocycles. The Bertz CT molecular complexity index is 1100. The first-order chi connectivity index (χ1) is 12.7. The highest BCUT2D eigenvalue weighted by Crippen LogP contribution is 2.23. The third kappa shape index (κ3) is 3.10. The summed E-state index contributed by atoms with van der Waals surface area (Å²) in [6.45, 7) is 1.93. The molecule has 0 unspecified atom stereocenters. The van der Waals surface area contributed by atoms with E-state index in [1.807, 2.05) is 35.7 Å². The van der Waals surface area contributed by atoms with Gasteiger partial charge in [-0.3, -0.25) is 14.5 Å². The molecule has 1 N–H and O–H groups in total. The normalized spacial score (nSPS) is 11.3. The molecule has 0 radical (unpaired) electrons. The summed E-state index contributed by atoms with van der Waals surface area (Å²) in [5, 5.41) is 2.65. The second-order valence-electron chi connectivity index (χ2n) is 5.58. The molecule has 0 aliphatic carbocycles. The van der Waals surface area contributed by atoms with Crippen LogP contribution < -0.4 is 5.32 Å². The fourth-order valence-corrected chi connectivity index (χ4v) is 2.67. The summed E-state index contributed by atoms with van der Waals surface area (Å²) in [6.07, 6.45) is 8.03. The van der Waals surface area contributed by atoms with Crippen molar-refractivity contribution in [3.8, 4) is 11.4 Å². The van der Waals surface area contributed by atoms with Crippen molar-refractivity contribution in [1.29, 1.82) is 0 Å². The van der Waals surface area contributed by atoms with E-state index in [1.165, 1.54) is 6.08 Å². The smallest absolute Gasteiger partial charge is 0.250 e. The van der Waals surface area contributed by atoms with Crippen LogP contribution in [0.25, 0.3) is 23.1 Å². The number of carbonyl (C=O) groups excluding carboxylic acids is 1. The number of nitrogens with one attached hydrogen (secondary N) is 1. The van der Waals surface area contributed by atoms with Crippen LogP contribution in [-0.4, -0.2) is 25.3 Å². The van der Waals surface area contributed by atoms with Crippen LogP contribution in [0, 0.1) is 6.92 Å². The van der Waals surface area contributed by atoms with Gasteiger partial charge in [-0.25, -0.2) is 15.0 Å². The molecule has 0 bridgehead atoms. The zero-order chi connectivity index (χ0) is 17.9. The largest absolute Gasteiger partial charge is 0.465 e. The highest BCUT2D eigenvalue weighted by Gasteiger charge is 2.13.